The standard InChI is InChI=1S/C15H19N5OS/c21-15(11-1-2-11)18-8-12-7-17-13-9-19(4-5-20(12)13)10-14-16-3-6-22-14/h3,6-7,11H,1-2,4-5,8-10H2,(H,18,21). The van der Waals surface area contributed by atoms with E-state index in [-0.39, 0.29) is 11.8 Å². The van der Waals surface area contributed by atoms with E-state index in [1.807, 2.05) is 17.8 Å². The van der Waals surface area contributed by atoms with Gasteiger partial charge in [0.15, 0.2) is 0 Å². The number of amides is 1. The number of hydrogen-bond acceptors (Lipinski definition) is 5. The Balaban J connectivity index is 1.38. The van der Waals surface area contributed by atoms with Gasteiger partial charge in [-0.15, -0.1) is 11.3 Å². The summed E-state index contributed by atoms with van der Waals surface area (Å²) in [5.74, 6) is 1.53. The highest BCUT2D eigenvalue weighted by Gasteiger charge is 2.29. The lowest BCUT2D eigenvalue weighted by Gasteiger charge is -2.27. The van der Waals surface area contributed by atoms with Crippen molar-refractivity contribution in [3.05, 3.63) is 34.3 Å². The Bertz CT molecular complexity index is 662. The summed E-state index contributed by atoms with van der Waals surface area (Å²) in [5.41, 5.74) is 1.11. The smallest absolute Gasteiger partial charge is 0.223 e. The van der Waals surface area contributed by atoms with Crippen LogP contribution in [0.15, 0.2) is 17.8 Å². The minimum Gasteiger partial charge on any atom is -0.350 e. The molecule has 0 aromatic carbocycles. The third-order valence-electron chi connectivity index (χ3n) is 4.26. The van der Waals surface area contributed by atoms with Crippen LogP contribution >= 0.6 is 11.3 Å². The van der Waals surface area contributed by atoms with Crippen LogP contribution in [-0.2, 0) is 31.0 Å². The number of nitrogens with one attached hydrogen (secondary N) is 1. The number of hydrogen-bond donors (Lipinski definition) is 1. The quantitative estimate of drug-likeness (QED) is 0.905. The Morgan fingerprint density at radius 3 is 3.05 bits per heavy atom. The monoisotopic (exact) mass is 317 g/mol. The Morgan fingerprint density at radius 1 is 1.36 bits per heavy atom. The summed E-state index contributed by atoms with van der Waals surface area (Å²) >= 11 is 1.70. The van der Waals surface area contributed by atoms with Gasteiger partial charge >= 0.3 is 0 Å². The molecule has 0 saturated heterocycles. The molecule has 4 rings (SSSR count). The first kappa shape index (κ1) is 13.9. The fourth-order valence-corrected chi connectivity index (χ4v) is 3.50. The van der Waals surface area contributed by atoms with E-state index in [4.69, 9.17) is 0 Å². The van der Waals surface area contributed by atoms with Gasteiger partial charge in [-0.1, -0.05) is 0 Å². The highest BCUT2D eigenvalue weighted by molar-refractivity contribution is 7.09. The molecular weight excluding hydrogens is 298 g/mol. The molecule has 0 atom stereocenters. The molecule has 1 N–H and O–H groups in total. The van der Waals surface area contributed by atoms with Crippen molar-refractivity contribution in [2.75, 3.05) is 6.54 Å². The number of thiazole rings is 1. The predicted molar refractivity (Wildman–Crippen MR) is 83.0 cm³/mol. The zero-order valence-corrected chi connectivity index (χ0v) is 13.2. The average Bonchev–Trinajstić information content (AvgIpc) is 3.12. The lowest BCUT2D eigenvalue weighted by atomic mass is 10.3. The van der Waals surface area contributed by atoms with E-state index in [2.05, 4.69) is 24.8 Å². The molecule has 22 heavy (non-hydrogen) atoms. The first-order valence-electron chi connectivity index (χ1n) is 7.71. The fraction of sp³-hybridized carbons (Fsp3) is 0.533. The lowest BCUT2D eigenvalue weighted by Crippen LogP contribution is -2.34. The molecular formula is C15H19N5OS. The van der Waals surface area contributed by atoms with Gasteiger partial charge in [0, 0.05) is 30.6 Å². The summed E-state index contributed by atoms with van der Waals surface area (Å²) in [6, 6.07) is 0. The van der Waals surface area contributed by atoms with Crippen molar-refractivity contribution in [3.8, 4) is 0 Å². The first-order valence-corrected chi connectivity index (χ1v) is 8.59. The van der Waals surface area contributed by atoms with E-state index in [0.29, 0.717) is 6.54 Å². The van der Waals surface area contributed by atoms with Crippen LogP contribution in [0.4, 0.5) is 0 Å². The van der Waals surface area contributed by atoms with Crippen LogP contribution in [0.3, 0.4) is 0 Å². The van der Waals surface area contributed by atoms with E-state index < -0.39 is 0 Å². The lowest BCUT2D eigenvalue weighted by molar-refractivity contribution is -0.122. The third-order valence-corrected chi connectivity index (χ3v) is 5.02. The summed E-state index contributed by atoms with van der Waals surface area (Å²) < 4.78 is 2.24. The highest BCUT2D eigenvalue weighted by atomic mass is 32.1. The number of carbonyl (C=O) groups is 1. The molecule has 2 aliphatic rings. The summed E-state index contributed by atoms with van der Waals surface area (Å²) in [5, 5.41) is 6.19. The maximum atomic E-state index is 11.7. The van der Waals surface area contributed by atoms with E-state index >= 15 is 0 Å². The topological polar surface area (TPSA) is 63.1 Å². The van der Waals surface area contributed by atoms with Gasteiger partial charge in [0.05, 0.1) is 31.5 Å². The fourth-order valence-electron chi connectivity index (χ4n) is 2.84. The normalized spacial score (nSPS) is 18.2. The van der Waals surface area contributed by atoms with Crippen LogP contribution in [0.2, 0.25) is 0 Å². The maximum Gasteiger partial charge on any atom is 0.223 e. The molecule has 1 saturated carbocycles. The third kappa shape index (κ3) is 2.91. The van der Waals surface area contributed by atoms with Crippen LogP contribution < -0.4 is 5.32 Å². The van der Waals surface area contributed by atoms with Crippen molar-refractivity contribution < 1.29 is 4.79 Å². The van der Waals surface area contributed by atoms with Gasteiger partial charge in [-0.25, -0.2) is 9.97 Å². The summed E-state index contributed by atoms with van der Waals surface area (Å²) in [6.07, 6.45) is 5.84. The predicted octanol–water partition coefficient (Wildman–Crippen LogP) is 1.38. The van der Waals surface area contributed by atoms with Gasteiger partial charge in [-0.2, -0.15) is 0 Å². The Hall–Kier alpha value is -1.73. The van der Waals surface area contributed by atoms with Gasteiger partial charge in [0.25, 0.3) is 0 Å². The largest absolute Gasteiger partial charge is 0.350 e. The van der Waals surface area contributed by atoms with Crippen LogP contribution in [0.1, 0.15) is 29.4 Å². The number of rotatable bonds is 5. The van der Waals surface area contributed by atoms with Crippen molar-refractivity contribution in [1.29, 1.82) is 0 Å². The minimum atomic E-state index is 0.191. The van der Waals surface area contributed by atoms with Gasteiger partial charge in [0.2, 0.25) is 5.91 Å². The number of nitrogens with zero attached hydrogens (tertiary/aromatic N) is 4. The second-order valence-corrected chi connectivity index (χ2v) is 6.93. The van der Waals surface area contributed by atoms with Crippen LogP contribution in [0.5, 0.6) is 0 Å². The van der Waals surface area contributed by atoms with E-state index in [0.717, 1.165) is 55.5 Å². The second-order valence-electron chi connectivity index (χ2n) is 5.95. The summed E-state index contributed by atoms with van der Waals surface area (Å²) in [4.78, 5) is 23.0. The number of fused-ring (bicyclic) bond motifs is 1. The number of imidazole rings is 1. The summed E-state index contributed by atoms with van der Waals surface area (Å²) in [6.45, 7) is 4.24. The van der Waals surface area contributed by atoms with Gasteiger partial charge in [-0.3, -0.25) is 9.69 Å². The molecule has 1 fully saturated rings. The second kappa shape index (κ2) is 5.81. The molecule has 3 heterocycles. The maximum absolute atomic E-state index is 11.7. The van der Waals surface area contributed by atoms with E-state index in [1.165, 1.54) is 0 Å². The van der Waals surface area contributed by atoms with Crippen molar-refractivity contribution in [2.45, 2.75) is 39.0 Å². The number of aromatic nitrogens is 3. The Kier molecular flexibility index (Phi) is 3.67. The minimum absolute atomic E-state index is 0.191. The Morgan fingerprint density at radius 2 is 2.27 bits per heavy atom. The van der Waals surface area contributed by atoms with Gasteiger partial charge in [-0.05, 0) is 12.8 Å². The molecule has 116 valence electrons. The van der Waals surface area contributed by atoms with E-state index in [1.54, 1.807) is 11.3 Å². The van der Waals surface area contributed by atoms with E-state index in [9.17, 15) is 4.79 Å². The van der Waals surface area contributed by atoms with Crippen molar-refractivity contribution >= 4 is 17.2 Å². The molecule has 7 heteroatoms. The zero-order valence-electron chi connectivity index (χ0n) is 12.4. The first-order chi connectivity index (χ1) is 10.8. The SMILES string of the molecule is O=C(NCc1cnc2n1CCN(Cc1nccs1)C2)C1CC1. The highest BCUT2D eigenvalue weighted by Crippen LogP contribution is 2.28. The van der Waals surface area contributed by atoms with Crippen molar-refractivity contribution in [2.24, 2.45) is 5.92 Å². The number of carbonyl (C=O) groups excluding carboxylic acids is 1. The summed E-state index contributed by atoms with van der Waals surface area (Å²) in [7, 11) is 0. The van der Waals surface area contributed by atoms with Crippen LogP contribution in [0, 0.1) is 5.92 Å². The molecule has 0 unspecified atom stereocenters. The van der Waals surface area contributed by atoms with Crippen LogP contribution in [-0.4, -0.2) is 31.9 Å². The van der Waals surface area contributed by atoms with Crippen molar-refractivity contribution in [1.82, 2.24) is 24.8 Å². The van der Waals surface area contributed by atoms with Crippen LogP contribution in [0.25, 0.3) is 0 Å². The molecule has 0 spiro atoms. The zero-order chi connectivity index (χ0) is 14.9. The molecule has 0 radical (unpaired) electrons. The Labute approximate surface area is 133 Å². The van der Waals surface area contributed by atoms with Gasteiger partial charge in [0.1, 0.15) is 10.8 Å². The molecule has 6 nitrogen and oxygen atoms in total. The molecule has 2 aromatic heterocycles. The molecule has 1 aliphatic heterocycles. The molecule has 1 amide bonds. The van der Waals surface area contributed by atoms with Crippen molar-refractivity contribution in [3.63, 3.8) is 0 Å². The molecule has 2 aromatic rings. The molecule has 0 bridgehead atoms. The average molecular weight is 317 g/mol. The van der Waals surface area contributed by atoms with Gasteiger partial charge < -0.3 is 9.88 Å². The molecule has 1 aliphatic carbocycles.